The summed E-state index contributed by atoms with van der Waals surface area (Å²) in [6, 6.07) is 16.7. The third-order valence-corrected chi connectivity index (χ3v) is 4.87. The van der Waals surface area contributed by atoms with E-state index in [-0.39, 0.29) is 0 Å². The quantitative estimate of drug-likeness (QED) is 0.546. The lowest BCUT2D eigenvalue weighted by atomic mass is 9.94. The minimum absolute atomic E-state index is 0.557. The molecular weight excluding hydrogens is 387 g/mol. The van der Waals surface area contributed by atoms with Gasteiger partial charge in [0.25, 0.3) is 0 Å². The van der Waals surface area contributed by atoms with Crippen molar-refractivity contribution in [1.29, 1.82) is 0 Å². The van der Waals surface area contributed by atoms with Gasteiger partial charge in [-0.2, -0.15) is 0 Å². The van der Waals surface area contributed by atoms with Gasteiger partial charge in [-0.25, -0.2) is 0 Å². The molecule has 19 heavy (non-hydrogen) atoms. The fourth-order valence-corrected chi connectivity index (χ4v) is 3.34. The Hall–Kier alpha value is -0.310. The van der Waals surface area contributed by atoms with E-state index in [1.807, 2.05) is 6.07 Å². The highest BCUT2D eigenvalue weighted by Crippen LogP contribution is 2.25. The van der Waals surface area contributed by atoms with Gasteiger partial charge in [-0.05, 0) is 42.0 Å². The van der Waals surface area contributed by atoms with Gasteiger partial charge < -0.3 is 0 Å². The van der Waals surface area contributed by atoms with Crippen LogP contribution in [-0.2, 0) is 12.8 Å². The monoisotopic (exact) mass is 400 g/mol. The summed E-state index contributed by atoms with van der Waals surface area (Å²) in [5.74, 6) is 0.557. The van der Waals surface area contributed by atoms with Crippen molar-refractivity contribution in [1.82, 2.24) is 0 Å². The fraction of sp³-hybridized carbons (Fsp3) is 0.250. The number of halogens is 3. The maximum atomic E-state index is 6.29. The maximum Gasteiger partial charge on any atom is 0.0449 e. The zero-order valence-corrected chi connectivity index (χ0v) is 14.4. The van der Waals surface area contributed by atoms with Crippen LogP contribution in [0, 0.1) is 5.92 Å². The maximum absolute atomic E-state index is 6.29. The molecule has 0 aliphatic rings. The highest BCUT2D eigenvalue weighted by molar-refractivity contribution is 9.10. The van der Waals surface area contributed by atoms with Gasteiger partial charge in [-0.15, -0.1) is 0 Å². The number of hydrogen-bond acceptors (Lipinski definition) is 0. The molecule has 0 aromatic heterocycles. The third-order valence-electron chi connectivity index (χ3n) is 3.11. The Bertz CT molecular complexity index is 526. The summed E-state index contributed by atoms with van der Waals surface area (Å²) in [6.07, 6.45) is 2.06. The Labute approximate surface area is 136 Å². The van der Waals surface area contributed by atoms with E-state index in [1.165, 1.54) is 11.1 Å². The van der Waals surface area contributed by atoms with Gasteiger partial charge in [-0.3, -0.25) is 0 Å². The smallest absolute Gasteiger partial charge is 0.0449 e. The Balaban J connectivity index is 2.06. The molecule has 0 nitrogen and oxygen atoms in total. The Kier molecular flexibility index (Phi) is 5.93. The second-order valence-corrected chi connectivity index (χ2v) is 6.62. The van der Waals surface area contributed by atoms with Crippen LogP contribution < -0.4 is 0 Å². The Morgan fingerprint density at radius 2 is 1.74 bits per heavy atom. The third kappa shape index (κ3) is 4.62. The highest BCUT2D eigenvalue weighted by atomic mass is 79.9. The van der Waals surface area contributed by atoms with Crippen molar-refractivity contribution in [3.63, 3.8) is 0 Å². The average Bonchev–Trinajstić information content (AvgIpc) is 2.42. The zero-order valence-electron chi connectivity index (χ0n) is 10.5. The van der Waals surface area contributed by atoms with Crippen molar-refractivity contribution in [3.05, 3.63) is 69.2 Å². The first kappa shape index (κ1) is 15.1. The molecule has 2 aromatic carbocycles. The minimum atomic E-state index is 0.557. The number of hydrogen-bond donors (Lipinski definition) is 0. The van der Waals surface area contributed by atoms with Crippen LogP contribution in [-0.4, -0.2) is 5.33 Å². The molecule has 1 atom stereocenters. The Morgan fingerprint density at radius 3 is 2.37 bits per heavy atom. The van der Waals surface area contributed by atoms with Crippen LogP contribution in [0.3, 0.4) is 0 Å². The second kappa shape index (κ2) is 7.47. The lowest BCUT2D eigenvalue weighted by Gasteiger charge is -2.15. The lowest BCUT2D eigenvalue weighted by Crippen LogP contribution is -2.10. The first-order valence-electron chi connectivity index (χ1n) is 6.23. The molecule has 0 bridgehead atoms. The molecule has 0 fully saturated rings. The molecule has 0 saturated carbocycles. The van der Waals surface area contributed by atoms with E-state index in [2.05, 4.69) is 74.3 Å². The molecule has 3 heteroatoms. The molecular formula is C16H15Br2Cl. The Morgan fingerprint density at radius 1 is 1.00 bits per heavy atom. The van der Waals surface area contributed by atoms with Gasteiger partial charge in [0.1, 0.15) is 0 Å². The van der Waals surface area contributed by atoms with Crippen LogP contribution in [0.2, 0.25) is 5.02 Å². The van der Waals surface area contributed by atoms with Gasteiger partial charge in [-0.1, -0.05) is 79.9 Å². The van der Waals surface area contributed by atoms with E-state index in [0.29, 0.717) is 5.92 Å². The molecule has 1 unspecified atom stereocenters. The van der Waals surface area contributed by atoms with Crippen LogP contribution in [0.5, 0.6) is 0 Å². The summed E-state index contributed by atoms with van der Waals surface area (Å²) in [5, 5.41) is 1.82. The summed E-state index contributed by atoms with van der Waals surface area (Å²) in [6.45, 7) is 0. The first-order chi connectivity index (χ1) is 9.19. The summed E-state index contributed by atoms with van der Waals surface area (Å²) >= 11 is 13.3. The summed E-state index contributed by atoms with van der Waals surface area (Å²) < 4.78 is 1.03. The van der Waals surface area contributed by atoms with Crippen LogP contribution in [0.15, 0.2) is 53.0 Å². The first-order valence-corrected chi connectivity index (χ1v) is 8.52. The summed E-state index contributed by atoms with van der Waals surface area (Å²) in [7, 11) is 0. The van der Waals surface area contributed by atoms with Crippen LogP contribution >= 0.6 is 43.5 Å². The number of rotatable bonds is 5. The van der Waals surface area contributed by atoms with Gasteiger partial charge in [0.2, 0.25) is 0 Å². The predicted octanol–water partition coefficient (Wildman–Crippen LogP) is 5.90. The van der Waals surface area contributed by atoms with E-state index in [4.69, 9.17) is 11.6 Å². The normalized spacial score (nSPS) is 12.4. The number of alkyl halides is 1. The fourth-order valence-electron chi connectivity index (χ4n) is 2.13. The molecule has 0 spiro atoms. The molecule has 0 amide bonds. The topological polar surface area (TPSA) is 0 Å². The zero-order chi connectivity index (χ0) is 13.7. The molecule has 2 aromatic rings. The van der Waals surface area contributed by atoms with Crippen molar-refractivity contribution < 1.29 is 0 Å². The van der Waals surface area contributed by atoms with Crippen molar-refractivity contribution in [2.75, 3.05) is 5.33 Å². The average molecular weight is 403 g/mol. The summed E-state index contributed by atoms with van der Waals surface area (Å²) in [5.41, 5.74) is 2.59. The molecule has 0 heterocycles. The number of benzene rings is 2. The molecule has 100 valence electrons. The molecule has 0 saturated heterocycles. The van der Waals surface area contributed by atoms with Crippen molar-refractivity contribution in [3.8, 4) is 0 Å². The van der Waals surface area contributed by atoms with E-state index in [1.54, 1.807) is 0 Å². The van der Waals surface area contributed by atoms with Crippen LogP contribution in [0.1, 0.15) is 11.1 Å². The van der Waals surface area contributed by atoms with Gasteiger partial charge in [0.15, 0.2) is 0 Å². The van der Waals surface area contributed by atoms with Crippen LogP contribution in [0.25, 0.3) is 0 Å². The second-order valence-electron chi connectivity index (χ2n) is 4.65. The van der Waals surface area contributed by atoms with Crippen LogP contribution in [0.4, 0.5) is 0 Å². The minimum Gasteiger partial charge on any atom is -0.0925 e. The molecule has 0 radical (unpaired) electrons. The molecule has 2 rings (SSSR count). The van der Waals surface area contributed by atoms with Gasteiger partial charge >= 0.3 is 0 Å². The highest BCUT2D eigenvalue weighted by Gasteiger charge is 2.11. The molecule has 0 N–H and O–H groups in total. The van der Waals surface area contributed by atoms with Crippen molar-refractivity contribution in [2.24, 2.45) is 5.92 Å². The molecule has 0 aliphatic heterocycles. The predicted molar refractivity (Wildman–Crippen MR) is 90.3 cm³/mol. The van der Waals surface area contributed by atoms with Crippen molar-refractivity contribution in [2.45, 2.75) is 12.8 Å². The van der Waals surface area contributed by atoms with Crippen molar-refractivity contribution >= 4 is 43.5 Å². The van der Waals surface area contributed by atoms with E-state index in [9.17, 15) is 0 Å². The standard InChI is InChI=1S/C16H15Br2Cl/c17-11-13(8-12-4-2-1-3-5-12)9-14-6-7-15(18)10-16(14)19/h1-7,10,13H,8-9,11H2. The largest absolute Gasteiger partial charge is 0.0925 e. The molecule has 0 aliphatic carbocycles. The van der Waals surface area contributed by atoms with Gasteiger partial charge in [0, 0.05) is 14.8 Å². The summed E-state index contributed by atoms with van der Waals surface area (Å²) in [4.78, 5) is 0. The lowest BCUT2D eigenvalue weighted by molar-refractivity contribution is 0.591. The van der Waals surface area contributed by atoms with E-state index in [0.717, 1.165) is 27.7 Å². The SMILES string of the molecule is Clc1cc(Br)ccc1CC(CBr)Cc1ccccc1. The van der Waals surface area contributed by atoms with E-state index < -0.39 is 0 Å². The van der Waals surface area contributed by atoms with E-state index >= 15 is 0 Å². The van der Waals surface area contributed by atoms with Gasteiger partial charge in [0.05, 0.1) is 0 Å².